The Morgan fingerprint density at radius 1 is 1.17 bits per heavy atom. The van der Waals surface area contributed by atoms with Crippen molar-refractivity contribution in [3.8, 4) is 5.75 Å². The first-order valence-electron chi connectivity index (χ1n) is 7.30. The molecule has 0 aliphatic heterocycles. The molecule has 3 nitrogen and oxygen atoms in total. The van der Waals surface area contributed by atoms with Crippen LogP contribution in [0.5, 0.6) is 5.75 Å². The molecule has 0 bridgehead atoms. The van der Waals surface area contributed by atoms with Gasteiger partial charge in [-0.15, -0.1) is 0 Å². The van der Waals surface area contributed by atoms with Gasteiger partial charge in [0.05, 0.1) is 7.11 Å². The van der Waals surface area contributed by atoms with Gasteiger partial charge in [0.1, 0.15) is 0 Å². The lowest BCUT2D eigenvalue weighted by Gasteiger charge is -2.17. The Kier molecular flexibility index (Phi) is 6.16. The molecule has 1 amide bonds. The SMILES string of the molecule is COc1ccc(CCC(=O)N(C)Cc2ccc(Br)cc2)cc1F. The predicted molar refractivity (Wildman–Crippen MR) is 91.9 cm³/mol. The van der Waals surface area contributed by atoms with E-state index >= 15 is 0 Å². The molecular weight excluding hydrogens is 361 g/mol. The number of carbonyl (C=O) groups is 1. The number of ether oxygens (including phenoxy) is 1. The second-order valence-corrected chi connectivity index (χ2v) is 6.26. The van der Waals surface area contributed by atoms with Crippen molar-refractivity contribution in [2.45, 2.75) is 19.4 Å². The first-order valence-corrected chi connectivity index (χ1v) is 8.09. The Morgan fingerprint density at radius 2 is 1.83 bits per heavy atom. The molecule has 0 spiro atoms. The zero-order valence-corrected chi connectivity index (χ0v) is 14.8. The van der Waals surface area contributed by atoms with Crippen LogP contribution in [0.4, 0.5) is 4.39 Å². The van der Waals surface area contributed by atoms with E-state index in [2.05, 4.69) is 15.9 Å². The lowest BCUT2D eigenvalue weighted by atomic mass is 10.1. The van der Waals surface area contributed by atoms with Crippen LogP contribution in [-0.2, 0) is 17.8 Å². The van der Waals surface area contributed by atoms with Crippen LogP contribution in [0.15, 0.2) is 46.9 Å². The molecular formula is C18H19BrFNO2. The number of hydrogen-bond donors (Lipinski definition) is 0. The van der Waals surface area contributed by atoms with Crippen LogP contribution in [0.1, 0.15) is 17.5 Å². The molecule has 23 heavy (non-hydrogen) atoms. The Bertz CT molecular complexity index is 673. The van der Waals surface area contributed by atoms with Gasteiger partial charge < -0.3 is 9.64 Å². The first-order chi connectivity index (χ1) is 11.0. The van der Waals surface area contributed by atoms with E-state index in [0.717, 1.165) is 15.6 Å². The second-order valence-electron chi connectivity index (χ2n) is 5.35. The van der Waals surface area contributed by atoms with E-state index in [1.807, 2.05) is 24.3 Å². The van der Waals surface area contributed by atoms with Crippen molar-refractivity contribution in [2.24, 2.45) is 0 Å². The van der Waals surface area contributed by atoms with Crippen LogP contribution >= 0.6 is 15.9 Å². The Morgan fingerprint density at radius 3 is 2.43 bits per heavy atom. The summed E-state index contributed by atoms with van der Waals surface area (Å²) in [5.74, 6) is -0.155. The van der Waals surface area contributed by atoms with Gasteiger partial charge in [-0.3, -0.25) is 4.79 Å². The number of benzene rings is 2. The van der Waals surface area contributed by atoms with Gasteiger partial charge in [-0.05, 0) is 41.8 Å². The van der Waals surface area contributed by atoms with Crippen LogP contribution in [0.25, 0.3) is 0 Å². The van der Waals surface area contributed by atoms with Crippen molar-refractivity contribution in [1.29, 1.82) is 0 Å². The maximum atomic E-state index is 13.6. The van der Waals surface area contributed by atoms with Gasteiger partial charge in [0.15, 0.2) is 11.6 Å². The van der Waals surface area contributed by atoms with Gasteiger partial charge in [0.2, 0.25) is 5.91 Å². The van der Waals surface area contributed by atoms with E-state index in [1.54, 1.807) is 24.1 Å². The van der Waals surface area contributed by atoms with Gasteiger partial charge in [-0.25, -0.2) is 4.39 Å². The molecule has 0 saturated carbocycles. The van der Waals surface area contributed by atoms with Crippen LogP contribution in [0, 0.1) is 5.82 Å². The van der Waals surface area contributed by atoms with E-state index in [0.29, 0.717) is 19.4 Å². The quantitative estimate of drug-likeness (QED) is 0.752. The normalized spacial score (nSPS) is 10.4. The topological polar surface area (TPSA) is 29.5 Å². The number of aryl methyl sites for hydroxylation is 1. The van der Waals surface area contributed by atoms with E-state index < -0.39 is 5.82 Å². The Hall–Kier alpha value is -1.88. The molecule has 0 aromatic heterocycles. The van der Waals surface area contributed by atoms with Crippen molar-refractivity contribution in [3.63, 3.8) is 0 Å². The van der Waals surface area contributed by atoms with Crippen molar-refractivity contribution in [2.75, 3.05) is 14.2 Å². The van der Waals surface area contributed by atoms with E-state index in [9.17, 15) is 9.18 Å². The minimum atomic E-state index is -0.402. The molecule has 2 aromatic carbocycles. The molecule has 0 radical (unpaired) electrons. The molecule has 2 rings (SSSR count). The number of hydrogen-bond acceptors (Lipinski definition) is 2. The molecule has 0 fully saturated rings. The predicted octanol–water partition coefficient (Wildman–Crippen LogP) is 4.19. The third kappa shape index (κ3) is 5.06. The summed E-state index contributed by atoms with van der Waals surface area (Å²) in [5.41, 5.74) is 1.85. The third-order valence-corrected chi connectivity index (χ3v) is 4.13. The first kappa shape index (κ1) is 17.5. The summed E-state index contributed by atoms with van der Waals surface area (Å²) in [6, 6.07) is 12.6. The molecule has 0 aliphatic carbocycles. The van der Waals surface area contributed by atoms with Gasteiger partial charge >= 0.3 is 0 Å². The molecule has 0 unspecified atom stereocenters. The van der Waals surface area contributed by atoms with Crippen LogP contribution < -0.4 is 4.74 Å². The number of nitrogens with zero attached hydrogens (tertiary/aromatic N) is 1. The smallest absolute Gasteiger partial charge is 0.222 e. The molecule has 122 valence electrons. The molecule has 0 atom stereocenters. The van der Waals surface area contributed by atoms with Gasteiger partial charge in [0, 0.05) is 24.5 Å². The van der Waals surface area contributed by atoms with E-state index in [-0.39, 0.29) is 11.7 Å². The fraction of sp³-hybridized carbons (Fsp3) is 0.278. The zero-order chi connectivity index (χ0) is 16.8. The zero-order valence-electron chi connectivity index (χ0n) is 13.2. The van der Waals surface area contributed by atoms with Crippen LogP contribution in [0.2, 0.25) is 0 Å². The highest BCUT2D eigenvalue weighted by Crippen LogP contribution is 2.19. The number of methoxy groups -OCH3 is 1. The molecule has 2 aromatic rings. The van der Waals surface area contributed by atoms with E-state index in [4.69, 9.17) is 4.74 Å². The summed E-state index contributed by atoms with van der Waals surface area (Å²) in [7, 11) is 3.21. The molecule has 0 heterocycles. The standard InChI is InChI=1S/C18H19BrFNO2/c1-21(12-14-3-7-15(19)8-4-14)18(22)10-6-13-5-9-17(23-2)16(20)11-13/h3-5,7-9,11H,6,10,12H2,1-2H3. The maximum Gasteiger partial charge on any atom is 0.222 e. The average molecular weight is 380 g/mol. The van der Waals surface area contributed by atoms with Crippen molar-refractivity contribution in [3.05, 3.63) is 63.9 Å². The Balaban J connectivity index is 1.88. The fourth-order valence-corrected chi connectivity index (χ4v) is 2.52. The number of rotatable bonds is 6. The van der Waals surface area contributed by atoms with Crippen LogP contribution in [0.3, 0.4) is 0 Å². The Labute approximate surface area is 144 Å². The fourth-order valence-electron chi connectivity index (χ4n) is 2.26. The van der Waals surface area contributed by atoms with Gasteiger partial charge in [-0.1, -0.05) is 34.1 Å². The highest BCUT2D eigenvalue weighted by molar-refractivity contribution is 9.10. The molecule has 0 aliphatic rings. The molecule has 0 saturated heterocycles. The number of amides is 1. The minimum absolute atomic E-state index is 0.0316. The summed E-state index contributed by atoms with van der Waals surface area (Å²) in [4.78, 5) is 13.9. The van der Waals surface area contributed by atoms with Crippen molar-refractivity contribution >= 4 is 21.8 Å². The summed E-state index contributed by atoms with van der Waals surface area (Å²) in [6.45, 7) is 0.559. The number of carbonyl (C=O) groups excluding carboxylic acids is 1. The summed E-state index contributed by atoms with van der Waals surface area (Å²) in [5, 5.41) is 0. The summed E-state index contributed by atoms with van der Waals surface area (Å²) < 4.78 is 19.5. The highest BCUT2D eigenvalue weighted by Gasteiger charge is 2.11. The summed E-state index contributed by atoms with van der Waals surface area (Å²) >= 11 is 3.39. The maximum absolute atomic E-state index is 13.6. The third-order valence-electron chi connectivity index (χ3n) is 3.60. The lowest BCUT2D eigenvalue weighted by Crippen LogP contribution is -2.26. The summed E-state index contributed by atoms with van der Waals surface area (Å²) in [6.07, 6.45) is 0.850. The van der Waals surface area contributed by atoms with E-state index in [1.165, 1.54) is 13.2 Å². The average Bonchev–Trinajstić information content (AvgIpc) is 2.54. The van der Waals surface area contributed by atoms with Gasteiger partial charge in [-0.2, -0.15) is 0 Å². The number of halogens is 2. The molecule has 5 heteroatoms. The monoisotopic (exact) mass is 379 g/mol. The van der Waals surface area contributed by atoms with Crippen molar-refractivity contribution < 1.29 is 13.9 Å². The largest absolute Gasteiger partial charge is 0.494 e. The van der Waals surface area contributed by atoms with Gasteiger partial charge in [0.25, 0.3) is 0 Å². The molecule has 0 N–H and O–H groups in total. The van der Waals surface area contributed by atoms with Crippen LogP contribution in [-0.4, -0.2) is 25.0 Å². The lowest BCUT2D eigenvalue weighted by molar-refractivity contribution is -0.130. The van der Waals surface area contributed by atoms with Crippen molar-refractivity contribution in [1.82, 2.24) is 4.90 Å². The minimum Gasteiger partial charge on any atom is -0.494 e. The second kappa shape index (κ2) is 8.11. The highest BCUT2D eigenvalue weighted by atomic mass is 79.9.